The highest BCUT2D eigenvalue weighted by molar-refractivity contribution is 5.97. The molecule has 0 spiro atoms. The quantitative estimate of drug-likeness (QED) is 0.704. The number of nitrogens with one attached hydrogen (secondary N) is 2. The summed E-state index contributed by atoms with van der Waals surface area (Å²) in [5.74, 6) is -1.52. The highest BCUT2D eigenvalue weighted by Gasteiger charge is 2.25. The molecule has 2 rings (SSSR count). The summed E-state index contributed by atoms with van der Waals surface area (Å²) in [5.41, 5.74) is 0.584. The summed E-state index contributed by atoms with van der Waals surface area (Å²) in [6.45, 7) is 5.19. The zero-order valence-electron chi connectivity index (χ0n) is 15.9. The lowest BCUT2D eigenvalue weighted by Crippen LogP contribution is -2.47. The van der Waals surface area contributed by atoms with Crippen molar-refractivity contribution in [3.63, 3.8) is 0 Å². The van der Waals surface area contributed by atoms with Crippen molar-refractivity contribution >= 4 is 23.7 Å². The third kappa shape index (κ3) is 6.71. The minimum Gasteiger partial charge on any atom is -0.478 e. The molecule has 8 nitrogen and oxygen atoms in total. The number of amides is 2. The fourth-order valence-corrected chi connectivity index (χ4v) is 2.34. The SMILES string of the molecule is CC(C)(C)OC(=O)N[C@@H](Cc1cccnc1)C(=O)Nc1ccc(C(=O)O)cc1. The summed E-state index contributed by atoms with van der Waals surface area (Å²) in [6, 6.07) is 8.36. The summed E-state index contributed by atoms with van der Waals surface area (Å²) in [7, 11) is 0. The molecule has 0 radical (unpaired) electrons. The molecule has 2 amide bonds. The third-order valence-electron chi connectivity index (χ3n) is 3.57. The first-order chi connectivity index (χ1) is 13.1. The van der Waals surface area contributed by atoms with Crippen molar-refractivity contribution in [2.24, 2.45) is 0 Å². The Hall–Kier alpha value is -3.42. The Morgan fingerprint density at radius 1 is 1.14 bits per heavy atom. The molecule has 0 saturated heterocycles. The van der Waals surface area contributed by atoms with Crippen LogP contribution in [-0.2, 0) is 16.0 Å². The number of pyridine rings is 1. The number of hydrogen-bond donors (Lipinski definition) is 3. The molecule has 0 fully saturated rings. The zero-order chi connectivity index (χ0) is 20.7. The van der Waals surface area contributed by atoms with Crippen molar-refractivity contribution in [1.29, 1.82) is 0 Å². The van der Waals surface area contributed by atoms with Crippen LogP contribution in [0.4, 0.5) is 10.5 Å². The van der Waals surface area contributed by atoms with Gasteiger partial charge in [0, 0.05) is 24.5 Å². The normalized spacial score (nSPS) is 12.0. The number of benzene rings is 1. The van der Waals surface area contributed by atoms with E-state index in [0.717, 1.165) is 5.56 Å². The highest BCUT2D eigenvalue weighted by atomic mass is 16.6. The Kier molecular flexibility index (Phi) is 6.70. The van der Waals surface area contributed by atoms with Gasteiger partial charge < -0.3 is 20.5 Å². The lowest BCUT2D eigenvalue weighted by atomic mass is 10.1. The second-order valence-corrected chi connectivity index (χ2v) is 7.14. The number of ether oxygens (including phenoxy) is 1. The maximum Gasteiger partial charge on any atom is 0.408 e. The fraction of sp³-hybridized carbons (Fsp3) is 0.300. The maximum absolute atomic E-state index is 12.7. The first-order valence-corrected chi connectivity index (χ1v) is 8.67. The zero-order valence-corrected chi connectivity index (χ0v) is 15.9. The second-order valence-electron chi connectivity index (χ2n) is 7.14. The number of nitrogens with zero attached hydrogens (tertiary/aromatic N) is 1. The molecule has 0 aliphatic rings. The molecular weight excluding hydrogens is 362 g/mol. The maximum atomic E-state index is 12.7. The van der Waals surface area contributed by atoms with E-state index in [1.807, 2.05) is 0 Å². The van der Waals surface area contributed by atoms with Crippen LogP contribution in [0.15, 0.2) is 48.8 Å². The van der Waals surface area contributed by atoms with Crippen molar-refractivity contribution in [2.45, 2.75) is 38.8 Å². The molecule has 1 heterocycles. The summed E-state index contributed by atoms with van der Waals surface area (Å²) in [6.07, 6.45) is 2.73. The van der Waals surface area contributed by atoms with Crippen LogP contribution in [0.3, 0.4) is 0 Å². The molecule has 0 aliphatic carbocycles. The van der Waals surface area contributed by atoms with Crippen molar-refractivity contribution in [3.8, 4) is 0 Å². The van der Waals surface area contributed by atoms with Crippen LogP contribution in [0.25, 0.3) is 0 Å². The number of carbonyl (C=O) groups excluding carboxylic acids is 2. The first kappa shape index (κ1) is 20.9. The smallest absolute Gasteiger partial charge is 0.408 e. The number of carboxylic acid groups (broad SMARTS) is 1. The van der Waals surface area contributed by atoms with Gasteiger partial charge in [-0.25, -0.2) is 9.59 Å². The molecule has 148 valence electrons. The standard InChI is InChI=1S/C20H23N3O5/c1-20(2,3)28-19(27)23-16(11-13-5-4-10-21-12-13)17(24)22-15-8-6-14(7-9-15)18(25)26/h4-10,12,16H,11H2,1-3H3,(H,22,24)(H,23,27)(H,25,26)/t16-/m0/s1. The number of rotatable bonds is 6. The van der Waals surface area contributed by atoms with E-state index < -0.39 is 29.6 Å². The molecule has 28 heavy (non-hydrogen) atoms. The van der Waals surface area contributed by atoms with Crippen LogP contribution in [0.2, 0.25) is 0 Å². The molecule has 2 aromatic rings. The Morgan fingerprint density at radius 2 is 1.82 bits per heavy atom. The number of carbonyl (C=O) groups is 3. The monoisotopic (exact) mass is 385 g/mol. The molecule has 0 bridgehead atoms. The molecule has 0 unspecified atom stereocenters. The fourth-order valence-electron chi connectivity index (χ4n) is 2.34. The molecule has 1 aromatic carbocycles. The van der Waals surface area contributed by atoms with Gasteiger partial charge in [-0.05, 0) is 56.7 Å². The van der Waals surface area contributed by atoms with Gasteiger partial charge in [-0.2, -0.15) is 0 Å². The molecule has 0 aliphatic heterocycles. The van der Waals surface area contributed by atoms with Gasteiger partial charge in [0.15, 0.2) is 0 Å². The molecule has 8 heteroatoms. The topological polar surface area (TPSA) is 118 Å². The number of alkyl carbamates (subject to hydrolysis) is 1. The van der Waals surface area contributed by atoms with Crippen LogP contribution in [-0.4, -0.2) is 39.7 Å². The predicted octanol–water partition coefficient (Wildman–Crippen LogP) is 2.85. The number of anilines is 1. The van der Waals surface area contributed by atoms with Gasteiger partial charge in [0.25, 0.3) is 0 Å². The first-order valence-electron chi connectivity index (χ1n) is 8.67. The summed E-state index contributed by atoms with van der Waals surface area (Å²) < 4.78 is 5.24. The predicted molar refractivity (Wildman–Crippen MR) is 103 cm³/mol. The number of aromatic nitrogens is 1. The lowest BCUT2D eigenvalue weighted by molar-refractivity contribution is -0.118. The van der Waals surface area contributed by atoms with E-state index in [-0.39, 0.29) is 12.0 Å². The average Bonchev–Trinajstić information content (AvgIpc) is 2.61. The van der Waals surface area contributed by atoms with Crippen molar-refractivity contribution in [3.05, 3.63) is 59.9 Å². The van der Waals surface area contributed by atoms with Gasteiger partial charge in [-0.15, -0.1) is 0 Å². The largest absolute Gasteiger partial charge is 0.478 e. The van der Waals surface area contributed by atoms with Crippen LogP contribution < -0.4 is 10.6 Å². The van der Waals surface area contributed by atoms with E-state index in [1.165, 1.54) is 24.3 Å². The Morgan fingerprint density at radius 3 is 2.36 bits per heavy atom. The molecular formula is C20H23N3O5. The van der Waals surface area contributed by atoms with E-state index in [4.69, 9.17) is 9.84 Å². The summed E-state index contributed by atoms with van der Waals surface area (Å²) >= 11 is 0. The summed E-state index contributed by atoms with van der Waals surface area (Å²) in [5, 5.41) is 14.2. The number of aromatic carboxylic acids is 1. The minimum atomic E-state index is -1.06. The van der Waals surface area contributed by atoms with Gasteiger partial charge in [0.05, 0.1) is 5.56 Å². The van der Waals surface area contributed by atoms with Gasteiger partial charge in [0.1, 0.15) is 11.6 Å². The number of carboxylic acids is 1. The van der Waals surface area contributed by atoms with E-state index >= 15 is 0 Å². The summed E-state index contributed by atoms with van der Waals surface area (Å²) in [4.78, 5) is 39.8. The van der Waals surface area contributed by atoms with Crippen LogP contribution >= 0.6 is 0 Å². The van der Waals surface area contributed by atoms with E-state index in [1.54, 1.807) is 45.3 Å². The lowest BCUT2D eigenvalue weighted by Gasteiger charge is -2.23. The second kappa shape index (κ2) is 8.98. The van der Waals surface area contributed by atoms with Crippen molar-refractivity contribution in [2.75, 3.05) is 5.32 Å². The average molecular weight is 385 g/mol. The Balaban J connectivity index is 2.13. The van der Waals surface area contributed by atoms with Crippen LogP contribution in [0.5, 0.6) is 0 Å². The molecule has 3 N–H and O–H groups in total. The van der Waals surface area contributed by atoms with Gasteiger partial charge in [0.2, 0.25) is 5.91 Å². The third-order valence-corrected chi connectivity index (χ3v) is 3.57. The minimum absolute atomic E-state index is 0.108. The molecule has 1 aromatic heterocycles. The van der Waals surface area contributed by atoms with Gasteiger partial charge >= 0.3 is 12.1 Å². The highest BCUT2D eigenvalue weighted by Crippen LogP contribution is 2.12. The van der Waals surface area contributed by atoms with E-state index in [9.17, 15) is 14.4 Å². The molecule has 0 saturated carbocycles. The number of hydrogen-bond acceptors (Lipinski definition) is 5. The molecule has 1 atom stereocenters. The van der Waals surface area contributed by atoms with E-state index in [0.29, 0.717) is 5.69 Å². The van der Waals surface area contributed by atoms with Crippen LogP contribution in [0, 0.1) is 0 Å². The Bertz CT molecular complexity index is 829. The van der Waals surface area contributed by atoms with Crippen LogP contribution in [0.1, 0.15) is 36.7 Å². The van der Waals surface area contributed by atoms with E-state index in [2.05, 4.69) is 15.6 Å². The Labute approximate surface area is 162 Å². The van der Waals surface area contributed by atoms with Crippen molar-refractivity contribution in [1.82, 2.24) is 10.3 Å². The van der Waals surface area contributed by atoms with Gasteiger partial charge in [-0.3, -0.25) is 9.78 Å². The van der Waals surface area contributed by atoms with Gasteiger partial charge in [-0.1, -0.05) is 6.07 Å². The van der Waals surface area contributed by atoms with Crippen molar-refractivity contribution < 1.29 is 24.2 Å².